The van der Waals surface area contributed by atoms with Crippen LogP contribution in [0.15, 0.2) is 30.3 Å². The summed E-state index contributed by atoms with van der Waals surface area (Å²) >= 11 is 12.8. The zero-order chi connectivity index (χ0) is 20.6. The average Bonchev–Trinajstić information content (AvgIpc) is 2.70. The summed E-state index contributed by atoms with van der Waals surface area (Å²) in [4.78, 5) is 14.3. The molecule has 150 valence electrons. The summed E-state index contributed by atoms with van der Waals surface area (Å²) in [5.74, 6) is 1.60. The van der Waals surface area contributed by atoms with Gasteiger partial charge in [0.2, 0.25) is 10.1 Å². The van der Waals surface area contributed by atoms with Crippen LogP contribution in [0.1, 0.15) is 17.2 Å². The second-order valence-electron chi connectivity index (χ2n) is 6.31. The van der Waals surface area contributed by atoms with Crippen molar-refractivity contribution >= 4 is 34.8 Å². The van der Waals surface area contributed by atoms with Crippen LogP contribution in [0.2, 0.25) is 0 Å². The Morgan fingerprint density at radius 1 is 0.893 bits per heavy atom. The number of rotatable bonds is 6. The summed E-state index contributed by atoms with van der Waals surface area (Å²) in [7, 11) is 6.14. The quantitative estimate of drug-likeness (QED) is 0.510. The van der Waals surface area contributed by atoms with Crippen LogP contribution in [-0.4, -0.2) is 38.7 Å². The minimum absolute atomic E-state index is 0.427. The summed E-state index contributed by atoms with van der Waals surface area (Å²) in [6, 6.07) is 8.35. The molecule has 0 bridgehead atoms. The lowest BCUT2D eigenvalue weighted by Crippen LogP contribution is -2.62. The van der Waals surface area contributed by atoms with Crippen molar-refractivity contribution in [3.63, 3.8) is 0 Å². The van der Waals surface area contributed by atoms with Gasteiger partial charge in [-0.05, 0) is 24.1 Å². The lowest BCUT2D eigenvalue weighted by molar-refractivity contribution is -0.125. The predicted octanol–water partition coefficient (Wildman–Crippen LogP) is 4.29. The number of alkyl halides is 2. The first-order valence-electron chi connectivity index (χ1n) is 8.46. The molecule has 0 unspecified atom stereocenters. The van der Waals surface area contributed by atoms with Crippen LogP contribution in [0.4, 0.5) is 5.69 Å². The fourth-order valence-electron chi connectivity index (χ4n) is 3.39. The van der Waals surface area contributed by atoms with Gasteiger partial charge < -0.3 is 18.9 Å². The molecule has 1 fully saturated rings. The van der Waals surface area contributed by atoms with Crippen molar-refractivity contribution < 1.29 is 23.7 Å². The van der Waals surface area contributed by atoms with Gasteiger partial charge in [0.1, 0.15) is 11.8 Å². The second-order valence-corrected chi connectivity index (χ2v) is 7.70. The van der Waals surface area contributed by atoms with Crippen molar-refractivity contribution in [1.29, 1.82) is 0 Å². The lowest BCUT2D eigenvalue weighted by atomic mass is 9.90. The Hall–Kier alpha value is -2.31. The Balaban J connectivity index is 2.10. The van der Waals surface area contributed by atoms with E-state index in [-0.39, 0.29) is 0 Å². The van der Waals surface area contributed by atoms with Crippen molar-refractivity contribution in [2.75, 3.05) is 33.3 Å². The number of halogens is 2. The molecular weight excluding hydrogens is 405 g/mol. The van der Waals surface area contributed by atoms with Crippen LogP contribution in [0, 0.1) is 6.92 Å². The van der Waals surface area contributed by atoms with Crippen molar-refractivity contribution in [3.8, 4) is 23.0 Å². The van der Waals surface area contributed by atoms with Crippen LogP contribution in [0.3, 0.4) is 0 Å². The molecule has 1 atom stereocenters. The second kappa shape index (κ2) is 7.60. The first-order chi connectivity index (χ1) is 13.3. The van der Waals surface area contributed by atoms with Crippen molar-refractivity contribution in [2.24, 2.45) is 0 Å². The SMILES string of the molecule is COc1ccc([C@@H]2N(c3cc(OC)c(OC)c(OC)c3)C(=O)C2(Cl)Cl)cc1C. The third-order valence-corrected chi connectivity index (χ3v) is 5.50. The molecule has 2 aromatic carbocycles. The number of β-lactam (4-membered cyclic amide) rings is 1. The number of ether oxygens (including phenoxy) is 4. The highest BCUT2D eigenvalue weighted by Gasteiger charge is 2.60. The van der Waals surface area contributed by atoms with E-state index in [1.165, 1.54) is 26.2 Å². The van der Waals surface area contributed by atoms with E-state index in [0.717, 1.165) is 16.9 Å². The minimum atomic E-state index is -1.58. The van der Waals surface area contributed by atoms with Gasteiger partial charge in [0.05, 0.1) is 34.1 Å². The molecule has 0 aromatic heterocycles. The van der Waals surface area contributed by atoms with Gasteiger partial charge in [-0.15, -0.1) is 0 Å². The van der Waals surface area contributed by atoms with Crippen molar-refractivity contribution in [2.45, 2.75) is 17.3 Å². The van der Waals surface area contributed by atoms with E-state index >= 15 is 0 Å². The maximum atomic E-state index is 12.8. The molecule has 0 aliphatic carbocycles. The fraction of sp³-hybridized carbons (Fsp3) is 0.350. The molecule has 8 heteroatoms. The molecule has 1 saturated heterocycles. The highest BCUT2D eigenvalue weighted by atomic mass is 35.5. The van der Waals surface area contributed by atoms with Gasteiger partial charge in [-0.3, -0.25) is 9.69 Å². The maximum Gasteiger partial charge on any atom is 0.266 e. The summed E-state index contributed by atoms with van der Waals surface area (Å²) in [6.45, 7) is 1.91. The highest BCUT2D eigenvalue weighted by Crippen LogP contribution is 2.55. The molecular formula is C20H21Cl2NO5. The number of anilines is 1. The van der Waals surface area contributed by atoms with Crippen LogP contribution in [-0.2, 0) is 4.79 Å². The Morgan fingerprint density at radius 3 is 1.93 bits per heavy atom. The first-order valence-corrected chi connectivity index (χ1v) is 9.21. The van der Waals surface area contributed by atoms with E-state index in [9.17, 15) is 4.79 Å². The number of aryl methyl sites for hydroxylation is 1. The van der Waals surface area contributed by atoms with Crippen LogP contribution in [0.25, 0.3) is 0 Å². The Labute approximate surface area is 173 Å². The van der Waals surface area contributed by atoms with E-state index in [1.807, 2.05) is 25.1 Å². The van der Waals surface area contributed by atoms with E-state index in [2.05, 4.69) is 0 Å². The normalized spacial score (nSPS) is 17.8. The summed E-state index contributed by atoms with van der Waals surface area (Å²) in [5.41, 5.74) is 2.24. The van der Waals surface area contributed by atoms with Crippen molar-refractivity contribution in [1.82, 2.24) is 0 Å². The van der Waals surface area contributed by atoms with Gasteiger partial charge >= 0.3 is 0 Å². The number of benzene rings is 2. The Bertz CT molecular complexity index is 890. The third-order valence-electron chi connectivity index (χ3n) is 4.77. The zero-order valence-corrected chi connectivity index (χ0v) is 17.7. The number of carbonyl (C=O) groups is 1. The molecule has 1 aliphatic rings. The predicted molar refractivity (Wildman–Crippen MR) is 108 cm³/mol. The molecule has 0 saturated carbocycles. The molecule has 0 N–H and O–H groups in total. The molecule has 1 amide bonds. The topological polar surface area (TPSA) is 57.2 Å². The molecule has 2 aromatic rings. The van der Waals surface area contributed by atoms with Gasteiger partial charge in [-0.2, -0.15) is 0 Å². The summed E-state index contributed by atoms with van der Waals surface area (Å²) in [5, 5.41) is 0. The molecule has 1 heterocycles. The van der Waals surface area contributed by atoms with E-state index in [4.69, 9.17) is 42.1 Å². The number of carbonyl (C=O) groups excluding carboxylic acids is 1. The number of methoxy groups -OCH3 is 4. The summed E-state index contributed by atoms with van der Waals surface area (Å²) in [6.07, 6.45) is 0. The third kappa shape index (κ3) is 3.10. The standard InChI is InChI=1S/C20H21Cl2NO5/c1-11-8-12(6-7-14(11)25-2)18-20(21,22)19(24)23(18)13-9-15(26-3)17(28-5)16(10-13)27-4/h6-10,18H,1-5H3/t18-/m0/s1. The monoisotopic (exact) mass is 425 g/mol. The smallest absolute Gasteiger partial charge is 0.266 e. The van der Waals surface area contributed by atoms with Gasteiger partial charge in [0.15, 0.2) is 11.5 Å². The highest BCUT2D eigenvalue weighted by molar-refractivity contribution is 6.62. The van der Waals surface area contributed by atoms with Gasteiger partial charge in [-0.1, -0.05) is 35.3 Å². The van der Waals surface area contributed by atoms with Gasteiger partial charge in [0.25, 0.3) is 5.91 Å². The maximum absolute atomic E-state index is 12.8. The fourth-order valence-corrected chi connectivity index (χ4v) is 4.02. The first kappa shape index (κ1) is 20.4. The van der Waals surface area contributed by atoms with E-state index in [1.54, 1.807) is 19.2 Å². The van der Waals surface area contributed by atoms with Crippen LogP contribution in [0.5, 0.6) is 23.0 Å². The number of hydrogen-bond acceptors (Lipinski definition) is 5. The number of nitrogens with zero attached hydrogens (tertiary/aromatic N) is 1. The molecule has 0 radical (unpaired) electrons. The lowest BCUT2D eigenvalue weighted by Gasteiger charge is -2.49. The van der Waals surface area contributed by atoms with E-state index < -0.39 is 16.3 Å². The largest absolute Gasteiger partial charge is 0.496 e. The Morgan fingerprint density at radius 2 is 1.46 bits per heavy atom. The molecule has 6 nitrogen and oxygen atoms in total. The molecule has 3 rings (SSSR count). The number of hydrogen-bond donors (Lipinski definition) is 0. The van der Waals surface area contributed by atoms with Gasteiger partial charge in [0, 0.05) is 12.1 Å². The Kier molecular flexibility index (Phi) is 5.55. The minimum Gasteiger partial charge on any atom is -0.496 e. The van der Waals surface area contributed by atoms with Crippen molar-refractivity contribution in [3.05, 3.63) is 41.5 Å². The average molecular weight is 426 g/mol. The van der Waals surface area contributed by atoms with Crippen LogP contribution < -0.4 is 23.8 Å². The van der Waals surface area contributed by atoms with Gasteiger partial charge in [-0.25, -0.2) is 0 Å². The van der Waals surface area contributed by atoms with E-state index in [0.29, 0.717) is 22.9 Å². The molecule has 1 aliphatic heterocycles. The van der Waals surface area contributed by atoms with Crippen LogP contribution >= 0.6 is 23.2 Å². The molecule has 0 spiro atoms. The number of amides is 1. The summed E-state index contributed by atoms with van der Waals surface area (Å²) < 4.78 is 19.9. The zero-order valence-electron chi connectivity index (χ0n) is 16.2. The molecule has 28 heavy (non-hydrogen) atoms.